The van der Waals surface area contributed by atoms with Crippen molar-refractivity contribution in [1.82, 2.24) is 15.0 Å². The molecule has 1 atom stereocenters. The van der Waals surface area contributed by atoms with Crippen LogP contribution in [0.25, 0.3) is 10.8 Å². The van der Waals surface area contributed by atoms with Crippen LogP contribution in [0, 0.1) is 0 Å². The fourth-order valence-electron chi connectivity index (χ4n) is 2.17. The van der Waals surface area contributed by atoms with Gasteiger partial charge in [-0.1, -0.05) is 18.2 Å². The van der Waals surface area contributed by atoms with E-state index in [0.29, 0.717) is 16.6 Å². The second kappa shape index (κ2) is 7.18. The number of carbonyl (C=O) groups is 1. The molecule has 0 aliphatic heterocycles. The van der Waals surface area contributed by atoms with Crippen molar-refractivity contribution in [2.45, 2.75) is 13.0 Å². The molecule has 0 bridgehead atoms. The summed E-state index contributed by atoms with van der Waals surface area (Å²) in [4.78, 5) is 24.8. The standard InChI is InChI=1S/C17H15N3O3S/c1-11(12-6-3-4-7-14(12)22-2)23-17(21)13-10-24-16(20-13)15-18-8-5-9-19-15/h3-11H,1-2H3/t11-/m0/s1. The summed E-state index contributed by atoms with van der Waals surface area (Å²) in [5.41, 5.74) is 1.04. The SMILES string of the molecule is COc1ccccc1[C@H](C)OC(=O)c1csc(-c2ncccn2)n1. The average Bonchev–Trinajstić information content (AvgIpc) is 3.12. The van der Waals surface area contributed by atoms with Gasteiger partial charge in [0.2, 0.25) is 0 Å². The number of para-hydroxylation sites is 1. The van der Waals surface area contributed by atoms with Crippen molar-refractivity contribution in [2.75, 3.05) is 7.11 Å². The monoisotopic (exact) mass is 341 g/mol. The van der Waals surface area contributed by atoms with Gasteiger partial charge in [0.1, 0.15) is 11.9 Å². The maximum atomic E-state index is 12.3. The lowest BCUT2D eigenvalue weighted by molar-refractivity contribution is 0.0327. The van der Waals surface area contributed by atoms with E-state index in [4.69, 9.17) is 9.47 Å². The zero-order valence-electron chi connectivity index (χ0n) is 13.2. The topological polar surface area (TPSA) is 74.2 Å². The van der Waals surface area contributed by atoms with Crippen LogP contribution >= 0.6 is 11.3 Å². The third kappa shape index (κ3) is 3.41. The van der Waals surface area contributed by atoms with Gasteiger partial charge in [-0.3, -0.25) is 0 Å². The normalized spacial score (nSPS) is 11.8. The number of rotatable bonds is 5. The molecule has 0 aliphatic rings. The van der Waals surface area contributed by atoms with Gasteiger partial charge in [-0.05, 0) is 19.1 Å². The lowest BCUT2D eigenvalue weighted by Gasteiger charge is -2.15. The highest BCUT2D eigenvalue weighted by atomic mass is 32.1. The van der Waals surface area contributed by atoms with Crippen molar-refractivity contribution in [3.8, 4) is 16.6 Å². The largest absolute Gasteiger partial charge is 0.496 e. The maximum Gasteiger partial charge on any atom is 0.358 e. The van der Waals surface area contributed by atoms with Gasteiger partial charge in [-0.15, -0.1) is 11.3 Å². The predicted octanol–water partition coefficient (Wildman–Crippen LogP) is 3.53. The number of hydrogen-bond acceptors (Lipinski definition) is 7. The Bertz CT molecular complexity index is 836. The molecule has 0 fully saturated rings. The molecular weight excluding hydrogens is 326 g/mol. The summed E-state index contributed by atoms with van der Waals surface area (Å²) in [7, 11) is 1.58. The molecule has 3 aromatic rings. The Morgan fingerprint density at radius 2 is 1.92 bits per heavy atom. The molecule has 0 saturated carbocycles. The van der Waals surface area contributed by atoms with Crippen LogP contribution in [0.1, 0.15) is 29.1 Å². The molecule has 2 aromatic heterocycles. The van der Waals surface area contributed by atoms with Gasteiger partial charge < -0.3 is 9.47 Å². The molecule has 1 aromatic carbocycles. The Morgan fingerprint density at radius 1 is 1.17 bits per heavy atom. The molecule has 122 valence electrons. The molecular formula is C17H15N3O3S. The third-order valence-electron chi connectivity index (χ3n) is 3.33. The van der Waals surface area contributed by atoms with Crippen LogP contribution in [0.4, 0.5) is 0 Å². The number of hydrogen-bond donors (Lipinski definition) is 0. The lowest BCUT2D eigenvalue weighted by atomic mass is 10.1. The number of esters is 1. The van der Waals surface area contributed by atoms with Crippen LogP contribution in [-0.2, 0) is 4.74 Å². The summed E-state index contributed by atoms with van der Waals surface area (Å²) in [6.07, 6.45) is 2.81. The second-order valence-electron chi connectivity index (χ2n) is 4.90. The molecule has 0 amide bonds. The van der Waals surface area contributed by atoms with Crippen molar-refractivity contribution in [3.05, 3.63) is 59.4 Å². The van der Waals surface area contributed by atoms with E-state index in [2.05, 4.69) is 15.0 Å². The smallest absolute Gasteiger partial charge is 0.358 e. The molecule has 0 unspecified atom stereocenters. The van der Waals surface area contributed by atoms with E-state index < -0.39 is 12.1 Å². The summed E-state index contributed by atoms with van der Waals surface area (Å²) < 4.78 is 10.8. The molecule has 0 radical (unpaired) electrons. The van der Waals surface area contributed by atoms with Gasteiger partial charge in [-0.25, -0.2) is 19.7 Å². The highest BCUT2D eigenvalue weighted by molar-refractivity contribution is 7.13. The molecule has 24 heavy (non-hydrogen) atoms. The minimum absolute atomic E-state index is 0.240. The van der Waals surface area contributed by atoms with E-state index in [-0.39, 0.29) is 5.69 Å². The summed E-state index contributed by atoms with van der Waals surface area (Å²) in [5, 5.41) is 2.22. The summed E-state index contributed by atoms with van der Waals surface area (Å²) in [5.74, 6) is 0.667. The fourth-order valence-corrected chi connectivity index (χ4v) is 2.90. The molecule has 0 spiro atoms. The summed E-state index contributed by atoms with van der Waals surface area (Å²) in [6, 6.07) is 9.15. The first kappa shape index (κ1) is 16.1. The number of aromatic nitrogens is 3. The molecule has 2 heterocycles. The van der Waals surface area contributed by atoms with E-state index in [9.17, 15) is 4.79 Å². The van der Waals surface area contributed by atoms with Gasteiger partial charge in [0.05, 0.1) is 7.11 Å². The van der Waals surface area contributed by atoms with Crippen molar-refractivity contribution in [1.29, 1.82) is 0 Å². The van der Waals surface area contributed by atoms with E-state index >= 15 is 0 Å². The molecule has 3 rings (SSSR count). The van der Waals surface area contributed by atoms with Crippen LogP contribution in [0.3, 0.4) is 0 Å². The predicted molar refractivity (Wildman–Crippen MR) is 90.0 cm³/mol. The Morgan fingerprint density at radius 3 is 2.67 bits per heavy atom. The Hall–Kier alpha value is -2.80. The quantitative estimate of drug-likeness (QED) is 0.661. The Labute approximate surface area is 143 Å². The van der Waals surface area contributed by atoms with Crippen molar-refractivity contribution >= 4 is 17.3 Å². The third-order valence-corrected chi connectivity index (χ3v) is 4.17. The van der Waals surface area contributed by atoms with E-state index in [1.54, 1.807) is 37.9 Å². The minimum Gasteiger partial charge on any atom is -0.496 e. The molecule has 7 heteroatoms. The lowest BCUT2D eigenvalue weighted by Crippen LogP contribution is -2.10. The highest BCUT2D eigenvalue weighted by Gasteiger charge is 2.19. The van der Waals surface area contributed by atoms with E-state index in [1.807, 2.05) is 24.3 Å². The highest BCUT2D eigenvalue weighted by Crippen LogP contribution is 2.28. The first-order chi connectivity index (χ1) is 11.7. The molecule has 0 N–H and O–H groups in total. The van der Waals surface area contributed by atoms with Crippen LogP contribution in [-0.4, -0.2) is 28.0 Å². The van der Waals surface area contributed by atoms with Gasteiger partial charge in [-0.2, -0.15) is 0 Å². The van der Waals surface area contributed by atoms with Crippen molar-refractivity contribution in [2.24, 2.45) is 0 Å². The number of methoxy groups -OCH3 is 1. The van der Waals surface area contributed by atoms with Gasteiger partial charge in [0.25, 0.3) is 0 Å². The minimum atomic E-state index is -0.494. The van der Waals surface area contributed by atoms with E-state index in [0.717, 1.165) is 5.56 Å². The van der Waals surface area contributed by atoms with Crippen LogP contribution in [0.2, 0.25) is 0 Å². The van der Waals surface area contributed by atoms with E-state index in [1.165, 1.54) is 11.3 Å². The molecule has 0 aliphatic carbocycles. The Kier molecular flexibility index (Phi) is 4.81. The maximum absolute atomic E-state index is 12.3. The Balaban J connectivity index is 1.75. The van der Waals surface area contributed by atoms with Gasteiger partial charge in [0, 0.05) is 23.3 Å². The van der Waals surface area contributed by atoms with Crippen molar-refractivity contribution in [3.63, 3.8) is 0 Å². The van der Waals surface area contributed by atoms with Crippen molar-refractivity contribution < 1.29 is 14.3 Å². The number of nitrogens with zero attached hydrogens (tertiary/aromatic N) is 3. The number of benzene rings is 1. The number of thiazole rings is 1. The fraction of sp³-hybridized carbons (Fsp3) is 0.176. The van der Waals surface area contributed by atoms with Crippen LogP contribution < -0.4 is 4.74 Å². The first-order valence-corrected chi connectivity index (χ1v) is 8.14. The molecule has 0 saturated heterocycles. The summed E-state index contributed by atoms with van der Waals surface area (Å²) >= 11 is 1.30. The molecule has 6 nitrogen and oxygen atoms in total. The zero-order valence-corrected chi connectivity index (χ0v) is 14.0. The van der Waals surface area contributed by atoms with Crippen LogP contribution in [0.5, 0.6) is 5.75 Å². The summed E-state index contributed by atoms with van der Waals surface area (Å²) in [6.45, 7) is 1.79. The number of ether oxygens (including phenoxy) is 2. The zero-order chi connectivity index (χ0) is 16.9. The number of carbonyl (C=O) groups excluding carboxylic acids is 1. The first-order valence-electron chi connectivity index (χ1n) is 7.26. The van der Waals surface area contributed by atoms with Gasteiger partial charge in [0.15, 0.2) is 16.5 Å². The van der Waals surface area contributed by atoms with Gasteiger partial charge >= 0.3 is 5.97 Å². The van der Waals surface area contributed by atoms with Crippen LogP contribution in [0.15, 0.2) is 48.1 Å². The second-order valence-corrected chi connectivity index (χ2v) is 5.76. The average molecular weight is 341 g/mol.